The van der Waals surface area contributed by atoms with Gasteiger partial charge in [-0.1, -0.05) is 6.92 Å². The third kappa shape index (κ3) is 3.50. The molecule has 0 saturated carbocycles. The number of rotatable bonds is 5. The fourth-order valence-corrected chi connectivity index (χ4v) is 1.70. The molecule has 0 atom stereocenters. The van der Waals surface area contributed by atoms with Gasteiger partial charge in [0.05, 0.1) is 12.2 Å². The lowest BCUT2D eigenvalue weighted by Crippen LogP contribution is -2.31. The Kier molecular flexibility index (Phi) is 4.60. The van der Waals surface area contributed by atoms with Gasteiger partial charge in [-0.15, -0.1) is 0 Å². The molecule has 0 bridgehead atoms. The summed E-state index contributed by atoms with van der Waals surface area (Å²) in [5.74, 6) is -0.0403. The molecule has 0 saturated heterocycles. The van der Waals surface area contributed by atoms with Crippen molar-refractivity contribution in [1.82, 2.24) is 20.1 Å². The van der Waals surface area contributed by atoms with Gasteiger partial charge in [0.2, 0.25) is 5.91 Å². The van der Waals surface area contributed by atoms with Gasteiger partial charge < -0.3 is 5.32 Å². The summed E-state index contributed by atoms with van der Waals surface area (Å²) in [6, 6.07) is 6.83. The largest absolute Gasteiger partial charge is 0.354 e. The minimum Gasteiger partial charge on any atom is -0.354 e. The molecule has 20 heavy (non-hydrogen) atoms. The van der Waals surface area contributed by atoms with Gasteiger partial charge in [0.25, 0.3) is 5.56 Å². The first-order valence-corrected chi connectivity index (χ1v) is 6.46. The third-order valence-corrected chi connectivity index (χ3v) is 2.79. The Morgan fingerprint density at radius 2 is 2.20 bits per heavy atom. The average Bonchev–Trinajstić information content (AvgIpc) is 2.49. The van der Waals surface area contributed by atoms with Gasteiger partial charge >= 0.3 is 0 Å². The van der Waals surface area contributed by atoms with Crippen molar-refractivity contribution in [3.63, 3.8) is 0 Å². The van der Waals surface area contributed by atoms with Crippen molar-refractivity contribution in [2.45, 2.75) is 19.9 Å². The van der Waals surface area contributed by atoms with E-state index < -0.39 is 0 Å². The van der Waals surface area contributed by atoms with E-state index in [0.717, 1.165) is 5.56 Å². The zero-order valence-corrected chi connectivity index (χ0v) is 11.2. The van der Waals surface area contributed by atoms with Crippen LogP contribution in [0, 0.1) is 0 Å². The number of carbonyl (C=O) groups excluding carboxylic acids is 1. The van der Waals surface area contributed by atoms with Gasteiger partial charge in [0, 0.05) is 37.0 Å². The lowest BCUT2D eigenvalue weighted by Gasteiger charge is -2.07. The molecular formula is C14H16N4O2. The zero-order valence-electron chi connectivity index (χ0n) is 11.2. The zero-order chi connectivity index (χ0) is 14.4. The van der Waals surface area contributed by atoms with Gasteiger partial charge in [-0.3, -0.25) is 14.6 Å². The molecule has 6 nitrogen and oxygen atoms in total. The van der Waals surface area contributed by atoms with Crippen molar-refractivity contribution >= 4 is 5.91 Å². The molecule has 0 spiro atoms. The van der Waals surface area contributed by atoms with Gasteiger partial charge in [-0.05, 0) is 18.2 Å². The van der Waals surface area contributed by atoms with Crippen molar-refractivity contribution in [3.8, 4) is 11.3 Å². The average molecular weight is 272 g/mol. The van der Waals surface area contributed by atoms with Crippen molar-refractivity contribution in [1.29, 1.82) is 0 Å². The normalized spacial score (nSPS) is 10.2. The van der Waals surface area contributed by atoms with Crippen LogP contribution in [0.4, 0.5) is 0 Å². The van der Waals surface area contributed by atoms with E-state index in [4.69, 9.17) is 0 Å². The standard InChI is InChI=1S/C14H16N4O2/c1-2-13(19)16-8-9-18-14(20)6-5-12(17-18)11-4-3-7-15-10-11/h3-7,10H,2,8-9H2,1H3,(H,16,19). The molecule has 1 amide bonds. The predicted molar refractivity (Wildman–Crippen MR) is 75.0 cm³/mol. The SMILES string of the molecule is CCC(=O)NCCn1nc(-c2cccnc2)ccc1=O. The van der Waals surface area contributed by atoms with Crippen LogP contribution in [-0.2, 0) is 11.3 Å². The maximum absolute atomic E-state index is 11.7. The molecule has 0 fully saturated rings. The summed E-state index contributed by atoms with van der Waals surface area (Å²) in [4.78, 5) is 26.9. The number of amides is 1. The smallest absolute Gasteiger partial charge is 0.266 e. The van der Waals surface area contributed by atoms with Crippen molar-refractivity contribution in [2.75, 3.05) is 6.54 Å². The van der Waals surface area contributed by atoms with Gasteiger partial charge in [-0.2, -0.15) is 5.10 Å². The van der Waals surface area contributed by atoms with Crippen LogP contribution < -0.4 is 10.9 Å². The number of hydrogen-bond acceptors (Lipinski definition) is 4. The van der Waals surface area contributed by atoms with E-state index in [1.807, 2.05) is 12.1 Å². The summed E-state index contributed by atoms with van der Waals surface area (Å²) in [5, 5.41) is 6.99. The number of nitrogens with zero attached hydrogens (tertiary/aromatic N) is 3. The Labute approximate surface area is 116 Å². The fourth-order valence-electron chi connectivity index (χ4n) is 1.70. The van der Waals surface area contributed by atoms with Crippen LogP contribution in [0.25, 0.3) is 11.3 Å². The van der Waals surface area contributed by atoms with E-state index in [1.54, 1.807) is 25.4 Å². The van der Waals surface area contributed by atoms with E-state index in [1.165, 1.54) is 10.7 Å². The number of nitrogens with one attached hydrogen (secondary N) is 1. The summed E-state index contributed by atoms with van der Waals surface area (Å²) in [6.07, 6.45) is 3.80. The van der Waals surface area contributed by atoms with Crippen molar-refractivity contribution < 1.29 is 4.79 Å². The molecule has 1 N–H and O–H groups in total. The number of carbonyl (C=O) groups is 1. The van der Waals surface area contributed by atoms with E-state index in [0.29, 0.717) is 25.2 Å². The predicted octanol–water partition coefficient (Wildman–Crippen LogP) is 0.831. The lowest BCUT2D eigenvalue weighted by atomic mass is 10.2. The van der Waals surface area contributed by atoms with Crippen molar-refractivity contribution in [3.05, 3.63) is 47.0 Å². The molecule has 2 aromatic rings. The summed E-state index contributed by atoms with van der Waals surface area (Å²) in [7, 11) is 0. The topological polar surface area (TPSA) is 76.9 Å². The van der Waals surface area contributed by atoms with Gasteiger partial charge in [-0.25, -0.2) is 4.68 Å². The fraction of sp³-hybridized carbons (Fsp3) is 0.286. The quantitative estimate of drug-likeness (QED) is 0.874. The highest BCUT2D eigenvalue weighted by Crippen LogP contribution is 2.12. The Balaban J connectivity index is 2.13. The van der Waals surface area contributed by atoms with Crippen LogP contribution in [0.5, 0.6) is 0 Å². The Morgan fingerprint density at radius 3 is 2.90 bits per heavy atom. The summed E-state index contributed by atoms with van der Waals surface area (Å²) in [6.45, 7) is 2.51. The summed E-state index contributed by atoms with van der Waals surface area (Å²) in [5.41, 5.74) is 1.33. The molecule has 0 aliphatic heterocycles. The molecule has 2 aromatic heterocycles. The maximum Gasteiger partial charge on any atom is 0.266 e. The second-order valence-electron chi connectivity index (χ2n) is 4.23. The number of hydrogen-bond donors (Lipinski definition) is 1. The molecule has 0 unspecified atom stereocenters. The Morgan fingerprint density at radius 1 is 1.35 bits per heavy atom. The van der Waals surface area contributed by atoms with Crippen LogP contribution in [-0.4, -0.2) is 27.2 Å². The molecule has 0 radical (unpaired) electrons. The van der Waals surface area contributed by atoms with E-state index in [-0.39, 0.29) is 11.5 Å². The van der Waals surface area contributed by atoms with Gasteiger partial charge in [0.1, 0.15) is 0 Å². The van der Waals surface area contributed by atoms with Crippen molar-refractivity contribution in [2.24, 2.45) is 0 Å². The monoisotopic (exact) mass is 272 g/mol. The molecule has 2 heterocycles. The lowest BCUT2D eigenvalue weighted by molar-refractivity contribution is -0.120. The first-order chi connectivity index (χ1) is 9.70. The first-order valence-electron chi connectivity index (χ1n) is 6.46. The summed E-state index contributed by atoms with van der Waals surface area (Å²) >= 11 is 0. The second kappa shape index (κ2) is 6.60. The van der Waals surface area contributed by atoms with E-state index in [9.17, 15) is 9.59 Å². The minimum atomic E-state index is -0.191. The summed E-state index contributed by atoms with van der Waals surface area (Å²) < 4.78 is 1.35. The Hall–Kier alpha value is -2.50. The molecule has 6 heteroatoms. The first kappa shape index (κ1) is 13.9. The third-order valence-electron chi connectivity index (χ3n) is 2.79. The molecule has 0 aliphatic rings. The molecular weight excluding hydrogens is 256 g/mol. The van der Waals surface area contributed by atoms with Crippen LogP contribution in [0.15, 0.2) is 41.5 Å². The highest BCUT2D eigenvalue weighted by Gasteiger charge is 2.04. The number of pyridine rings is 1. The molecule has 0 aliphatic carbocycles. The molecule has 104 valence electrons. The van der Waals surface area contributed by atoms with Gasteiger partial charge in [0.15, 0.2) is 0 Å². The number of aromatic nitrogens is 3. The highest BCUT2D eigenvalue weighted by molar-refractivity contribution is 5.75. The van der Waals surface area contributed by atoms with Crippen LogP contribution in [0.2, 0.25) is 0 Å². The minimum absolute atomic E-state index is 0.0403. The van der Waals surface area contributed by atoms with E-state index in [2.05, 4.69) is 15.4 Å². The van der Waals surface area contributed by atoms with Crippen LogP contribution in [0.1, 0.15) is 13.3 Å². The van der Waals surface area contributed by atoms with E-state index >= 15 is 0 Å². The molecule has 2 rings (SSSR count). The highest BCUT2D eigenvalue weighted by atomic mass is 16.1. The van der Waals surface area contributed by atoms with Crippen LogP contribution >= 0.6 is 0 Å². The Bertz CT molecular complexity index is 637. The van der Waals surface area contributed by atoms with Crippen LogP contribution in [0.3, 0.4) is 0 Å². The maximum atomic E-state index is 11.7. The molecule has 0 aromatic carbocycles. The second-order valence-corrected chi connectivity index (χ2v) is 4.23.